The van der Waals surface area contributed by atoms with Gasteiger partial charge in [0.25, 0.3) is 5.91 Å². The van der Waals surface area contributed by atoms with Crippen LogP contribution in [0.3, 0.4) is 0 Å². The van der Waals surface area contributed by atoms with Crippen LogP contribution in [0.5, 0.6) is 11.5 Å². The van der Waals surface area contributed by atoms with Crippen molar-refractivity contribution in [2.24, 2.45) is 16.1 Å². The van der Waals surface area contributed by atoms with Gasteiger partial charge in [0.2, 0.25) is 0 Å². The van der Waals surface area contributed by atoms with Crippen LogP contribution in [0.25, 0.3) is 6.08 Å². The van der Waals surface area contributed by atoms with Gasteiger partial charge in [-0.25, -0.2) is 4.39 Å². The number of amidine groups is 1. The summed E-state index contributed by atoms with van der Waals surface area (Å²) < 4.78 is 29.9. The maximum Gasteiger partial charge on any atom is 0.267 e. The summed E-state index contributed by atoms with van der Waals surface area (Å²) in [7, 11) is 1.58. The Morgan fingerprint density at radius 3 is 2.58 bits per heavy atom. The van der Waals surface area contributed by atoms with E-state index < -0.39 is 0 Å². The quantitative estimate of drug-likeness (QED) is 0.203. The fourth-order valence-electron chi connectivity index (χ4n) is 3.28. The first kappa shape index (κ1) is 25.2. The highest BCUT2D eigenvalue weighted by Gasteiger charge is 2.34. The normalized spacial score (nSPS) is 16.1. The molecule has 1 fully saturated rings. The molecule has 0 saturated carbocycles. The molecule has 9 heteroatoms. The van der Waals surface area contributed by atoms with Crippen molar-refractivity contribution >= 4 is 35.1 Å². The first-order valence-corrected chi connectivity index (χ1v) is 12.2. The number of carbonyl (C=O) groups excluding carboxylic acids is 1. The fraction of sp³-hybridized carbons (Fsp3) is 0.222. The van der Waals surface area contributed by atoms with Crippen LogP contribution in [-0.4, -0.2) is 35.9 Å². The molecule has 2 heterocycles. The van der Waals surface area contributed by atoms with E-state index in [4.69, 9.17) is 13.9 Å². The van der Waals surface area contributed by atoms with Crippen molar-refractivity contribution < 1.29 is 23.1 Å². The lowest BCUT2D eigenvalue weighted by Crippen LogP contribution is -2.28. The Morgan fingerprint density at radius 1 is 1.11 bits per heavy atom. The lowest BCUT2D eigenvalue weighted by Gasteiger charge is -2.13. The molecule has 1 saturated heterocycles. The number of methoxy groups -OCH3 is 1. The minimum Gasteiger partial charge on any atom is -0.493 e. The van der Waals surface area contributed by atoms with E-state index in [9.17, 15) is 9.18 Å². The molecule has 0 bridgehead atoms. The summed E-state index contributed by atoms with van der Waals surface area (Å²) in [5.41, 5.74) is 1.48. The maximum atomic E-state index is 13.3. The molecule has 186 valence electrons. The average molecular weight is 508 g/mol. The van der Waals surface area contributed by atoms with E-state index in [1.807, 2.05) is 18.2 Å². The predicted octanol–water partition coefficient (Wildman–Crippen LogP) is 5.97. The summed E-state index contributed by atoms with van der Waals surface area (Å²) in [6.07, 6.45) is 4.84. The molecule has 0 radical (unpaired) electrons. The largest absolute Gasteiger partial charge is 0.493 e. The van der Waals surface area contributed by atoms with Crippen LogP contribution >= 0.6 is 11.8 Å². The zero-order chi connectivity index (χ0) is 25.5. The minimum absolute atomic E-state index is 0.212. The molecule has 4 rings (SSSR count). The van der Waals surface area contributed by atoms with Gasteiger partial charge in [-0.05, 0) is 77.3 Å². The van der Waals surface area contributed by atoms with Crippen LogP contribution in [0.15, 0.2) is 80.4 Å². The van der Waals surface area contributed by atoms with E-state index in [0.29, 0.717) is 45.4 Å². The molecule has 0 unspecified atom stereocenters. The topological polar surface area (TPSA) is 76.6 Å². The molecular formula is C27H26FN3O4S. The summed E-state index contributed by atoms with van der Waals surface area (Å²) in [5.74, 6) is 1.70. The number of nitrogens with zero attached hydrogens (tertiary/aromatic N) is 3. The second-order valence-corrected chi connectivity index (χ2v) is 9.38. The second kappa shape index (κ2) is 11.7. The Labute approximate surface area is 213 Å². The molecule has 0 N–H and O–H groups in total. The van der Waals surface area contributed by atoms with Crippen molar-refractivity contribution in [2.75, 3.05) is 13.7 Å². The van der Waals surface area contributed by atoms with Crippen molar-refractivity contribution in [3.8, 4) is 11.5 Å². The molecule has 1 amide bonds. The van der Waals surface area contributed by atoms with E-state index >= 15 is 0 Å². The van der Waals surface area contributed by atoms with Crippen LogP contribution < -0.4 is 9.47 Å². The lowest BCUT2D eigenvalue weighted by atomic mass is 10.2. The Hall–Kier alpha value is -3.85. The third kappa shape index (κ3) is 6.42. The van der Waals surface area contributed by atoms with Crippen LogP contribution in [0.2, 0.25) is 0 Å². The molecule has 3 aromatic rings. The van der Waals surface area contributed by atoms with Crippen LogP contribution in [-0.2, 0) is 11.3 Å². The number of rotatable bonds is 9. The van der Waals surface area contributed by atoms with Crippen LogP contribution in [0.4, 0.5) is 4.39 Å². The fourth-order valence-corrected chi connectivity index (χ4v) is 4.21. The monoisotopic (exact) mass is 507 g/mol. The van der Waals surface area contributed by atoms with E-state index in [1.54, 1.807) is 49.9 Å². The molecular weight excluding hydrogens is 481 g/mol. The van der Waals surface area contributed by atoms with Gasteiger partial charge in [0.1, 0.15) is 11.6 Å². The summed E-state index contributed by atoms with van der Waals surface area (Å²) in [5, 5.41) is 8.94. The number of amides is 1. The highest BCUT2D eigenvalue weighted by molar-refractivity contribution is 8.18. The standard InChI is InChI=1S/C27H26FN3O4S/c1-18(2)17-35-23-11-8-20(13-24(23)33-3)15-29-30-27-31(16-22-5-4-12-34-22)26(32)25(36-27)14-19-6-9-21(28)10-7-19/h4-15,18H,16-17H2,1-3H3/b25-14-,29-15+,30-27-. The number of furan rings is 1. The van der Waals surface area contributed by atoms with Gasteiger partial charge in [-0.15, -0.1) is 5.10 Å². The number of benzene rings is 2. The van der Waals surface area contributed by atoms with Crippen molar-refractivity contribution in [1.29, 1.82) is 0 Å². The summed E-state index contributed by atoms with van der Waals surface area (Å²) in [6.45, 7) is 4.95. The van der Waals surface area contributed by atoms with Crippen molar-refractivity contribution in [3.05, 3.63) is 88.5 Å². The second-order valence-electron chi connectivity index (χ2n) is 8.38. The number of ether oxygens (including phenoxy) is 2. The third-order valence-electron chi connectivity index (χ3n) is 5.06. The zero-order valence-corrected chi connectivity index (χ0v) is 21.0. The average Bonchev–Trinajstić information content (AvgIpc) is 3.48. The van der Waals surface area contributed by atoms with Crippen molar-refractivity contribution in [2.45, 2.75) is 20.4 Å². The molecule has 0 atom stereocenters. The van der Waals surface area contributed by atoms with Gasteiger partial charge < -0.3 is 13.9 Å². The molecule has 2 aromatic carbocycles. The van der Waals surface area contributed by atoms with Gasteiger partial charge >= 0.3 is 0 Å². The van der Waals surface area contributed by atoms with E-state index in [-0.39, 0.29) is 18.3 Å². The Bertz CT molecular complexity index is 1280. The zero-order valence-electron chi connectivity index (χ0n) is 20.2. The van der Waals surface area contributed by atoms with E-state index in [2.05, 4.69) is 24.1 Å². The maximum absolute atomic E-state index is 13.3. The number of thioether (sulfide) groups is 1. The lowest BCUT2D eigenvalue weighted by molar-refractivity contribution is -0.122. The van der Waals surface area contributed by atoms with E-state index in [1.165, 1.54) is 28.8 Å². The summed E-state index contributed by atoms with van der Waals surface area (Å²) in [4.78, 5) is 15.1. The summed E-state index contributed by atoms with van der Waals surface area (Å²) in [6, 6.07) is 15.0. The van der Waals surface area contributed by atoms with Crippen LogP contribution in [0.1, 0.15) is 30.7 Å². The molecule has 0 spiro atoms. The van der Waals surface area contributed by atoms with Crippen LogP contribution in [0, 0.1) is 11.7 Å². The van der Waals surface area contributed by atoms with Gasteiger partial charge in [0.05, 0.1) is 37.6 Å². The predicted molar refractivity (Wildman–Crippen MR) is 140 cm³/mol. The molecule has 0 aliphatic carbocycles. The first-order valence-electron chi connectivity index (χ1n) is 11.3. The smallest absolute Gasteiger partial charge is 0.267 e. The van der Waals surface area contributed by atoms with Crippen molar-refractivity contribution in [3.63, 3.8) is 0 Å². The van der Waals surface area contributed by atoms with Gasteiger partial charge in [0.15, 0.2) is 16.7 Å². The number of carbonyl (C=O) groups is 1. The number of hydrogen-bond donors (Lipinski definition) is 0. The van der Waals surface area contributed by atoms with E-state index in [0.717, 1.165) is 5.56 Å². The molecule has 1 aromatic heterocycles. The molecule has 36 heavy (non-hydrogen) atoms. The van der Waals surface area contributed by atoms with Gasteiger partial charge in [-0.1, -0.05) is 26.0 Å². The third-order valence-corrected chi connectivity index (χ3v) is 6.06. The molecule has 1 aliphatic rings. The Balaban J connectivity index is 1.56. The van der Waals surface area contributed by atoms with Crippen molar-refractivity contribution in [1.82, 2.24) is 4.90 Å². The minimum atomic E-state index is -0.338. The number of hydrogen-bond acceptors (Lipinski definition) is 7. The first-order chi connectivity index (χ1) is 17.4. The Morgan fingerprint density at radius 2 is 1.89 bits per heavy atom. The molecule has 7 nitrogen and oxygen atoms in total. The number of halogens is 1. The van der Waals surface area contributed by atoms with Gasteiger partial charge in [-0.3, -0.25) is 9.69 Å². The summed E-state index contributed by atoms with van der Waals surface area (Å²) >= 11 is 1.20. The SMILES string of the molecule is COc1cc(/C=N/N=C2\S/C(=C\c3ccc(F)cc3)C(=O)N2Cc2ccco2)ccc1OCC(C)C. The molecule has 1 aliphatic heterocycles. The highest BCUT2D eigenvalue weighted by atomic mass is 32.2. The Kier molecular flexibility index (Phi) is 8.22. The van der Waals surface area contributed by atoms with Gasteiger partial charge in [-0.2, -0.15) is 5.10 Å². The highest BCUT2D eigenvalue weighted by Crippen LogP contribution is 2.34. The van der Waals surface area contributed by atoms with Gasteiger partial charge in [0, 0.05) is 0 Å².